The molecule has 1 aromatic heterocycles. The largest absolute Gasteiger partial charge is 0.341 e. The molecule has 4 aromatic rings. The molecule has 0 atom stereocenters. The number of hydrogen-bond donors (Lipinski definition) is 0. The smallest absolute Gasteiger partial charge is 0.0533 e. The lowest BCUT2D eigenvalue weighted by Gasteiger charge is -2.27. The highest BCUT2D eigenvalue weighted by Gasteiger charge is 2.26. The number of rotatable bonds is 3. The molecule has 5 rings (SSSR count). The fourth-order valence-corrected chi connectivity index (χ4v) is 5.24. The molecule has 1 heterocycles. The first-order valence-corrected chi connectivity index (χ1v) is 10.4. The van der Waals surface area contributed by atoms with Crippen LogP contribution in [0.15, 0.2) is 48.5 Å². The molecule has 1 aliphatic carbocycles. The normalized spacial score (nSPS) is 13.3. The molecule has 0 spiro atoms. The molecule has 0 aliphatic heterocycles. The Morgan fingerprint density at radius 1 is 0.893 bits per heavy atom. The number of hydrogen-bond acceptors (Lipinski definition) is 1. The van der Waals surface area contributed by atoms with Gasteiger partial charge < -0.3 is 9.47 Å². The highest BCUT2D eigenvalue weighted by molar-refractivity contribution is 6.11. The Kier molecular flexibility index (Phi) is 4.06. The van der Waals surface area contributed by atoms with Crippen molar-refractivity contribution in [3.05, 3.63) is 81.9 Å². The van der Waals surface area contributed by atoms with E-state index in [4.69, 9.17) is 0 Å². The van der Waals surface area contributed by atoms with Gasteiger partial charge in [-0.3, -0.25) is 0 Å². The third-order valence-electron chi connectivity index (χ3n) is 6.46. The van der Waals surface area contributed by atoms with Crippen molar-refractivity contribution in [2.75, 3.05) is 14.1 Å². The molecule has 0 saturated carbocycles. The minimum Gasteiger partial charge on any atom is -0.341 e. The van der Waals surface area contributed by atoms with Gasteiger partial charge >= 0.3 is 0 Å². The van der Waals surface area contributed by atoms with Gasteiger partial charge in [-0.25, -0.2) is 0 Å². The van der Waals surface area contributed by atoms with Crippen LogP contribution in [0, 0.1) is 6.92 Å². The monoisotopic (exact) mass is 368 g/mol. The van der Waals surface area contributed by atoms with Crippen LogP contribution in [0.4, 0.5) is 0 Å². The van der Waals surface area contributed by atoms with E-state index < -0.39 is 0 Å². The van der Waals surface area contributed by atoms with Crippen LogP contribution in [0.5, 0.6) is 0 Å². The van der Waals surface area contributed by atoms with Gasteiger partial charge in [-0.15, -0.1) is 0 Å². The molecule has 28 heavy (non-hydrogen) atoms. The van der Waals surface area contributed by atoms with Gasteiger partial charge in [0.15, 0.2) is 0 Å². The third-order valence-corrected chi connectivity index (χ3v) is 6.46. The summed E-state index contributed by atoms with van der Waals surface area (Å²) in [6, 6.07) is 17.9. The van der Waals surface area contributed by atoms with Gasteiger partial charge in [0.1, 0.15) is 0 Å². The summed E-state index contributed by atoms with van der Waals surface area (Å²) in [4.78, 5) is 2.31. The highest BCUT2D eigenvalue weighted by atomic mass is 15.0. The van der Waals surface area contributed by atoms with Gasteiger partial charge in [-0.2, -0.15) is 0 Å². The van der Waals surface area contributed by atoms with E-state index in [1.54, 1.807) is 11.1 Å². The van der Waals surface area contributed by atoms with Gasteiger partial charge in [0.2, 0.25) is 0 Å². The fourth-order valence-electron chi connectivity index (χ4n) is 5.24. The summed E-state index contributed by atoms with van der Waals surface area (Å²) in [5, 5.41) is 2.87. The summed E-state index contributed by atoms with van der Waals surface area (Å²) in [7, 11) is 4.37. The summed E-state index contributed by atoms with van der Waals surface area (Å²) in [6.45, 7) is 6.62. The molecule has 0 bridgehead atoms. The maximum Gasteiger partial charge on any atom is 0.0533 e. The van der Waals surface area contributed by atoms with Crippen LogP contribution in [0.25, 0.3) is 21.8 Å². The zero-order chi connectivity index (χ0) is 19.4. The quantitative estimate of drug-likeness (QED) is 0.398. The Morgan fingerprint density at radius 3 is 2.21 bits per heavy atom. The number of para-hydroxylation sites is 1. The van der Waals surface area contributed by atoms with E-state index in [0.29, 0.717) is 0 Å². The maximum absolute atomic E-state index is 2.55. The topological polar surface area (TPSA) is 8.17 Å². The lowest BCUT2D eigenvalue weighted by Crippen LogP contribution is -2.18. The summed E-state index contributed by atoms with van der Waals surface area (Å²) in [5.74, 6) is 0. The molecule has 0 fully saturated rings. The van der Waals surface area contributed by atoms with E-state index in [-0.39, 0.29) is 0 Å². The van der Waals surface area contributed by atoms with Crippen molar-refractivity contribution in [1.29, 1.82) is 0 Å². The predicted molar refractivity (Wildman–Crippen MR) is 119 cm³/mol. The summed E-state index contributed by atoms with van der Waals surface area (Å²) < 4.78 is 2.55. The molecule has 0 N–H and O–H groups in total. The number of fused-ring (bicyclic) bond motifs is 6. The molecule has 142 valence electrons. The van der Waals surface area contributed by atoms with E-state index >= 15 is 0 Å². The van der Waals surface area contributed by atoms with Crippen LogP contribution in [0.1, 0.15) is 40.3 Å². The minimum atomic E-state index is 0.998. The van der Waals surface area contributed by atoms with Crippen molar-refractivity contribution in [3.63, 3.8) is 0 Å². The first-order valence-electron chi connectivity index (χ1n) is 10.4. The van der Waals surface area contributed by atoms with Crippen molar-refractivity contribution >= 4 is 21.8 Å². The lowest BCUT2D eigenvalue weighted by molar-refractivity contribution is 0.400. The Morgan fingerprint density at radius 2 is 1.54 bits per heavy atom. The second-order valence-corrected chi connectivity index (χ2v) is 8.41. The Hall–Kier alpha value is -2.58. The molecular formula is C26H28N2. The van der Waals surface area contributed by atoms with Crippen molar-refractivity contribution in [3.8, 4) is 0 Å². The van der Waals surface area contributed by atoms with Gasteiger partial charge in [-0.05, 0) is 73.8 Å². The SMILES string of the molecule is CCn1c2ccccc2c2c(C)c(CN(C)C)c3c(c21)Cc1ccccc1C3. The average molecular weight is 369 g/mol. The zero-order valence-electron chi connectivity index (χ0n) is 17.3. The molecule has 1 aliphatic rings. The maximum atomic E-state index is 2.55. The zero-order valence-corrected chi connectivity index (χ0v) is 17.3. The highest BCUT2D eigenvalue weighted by Crippen LogP contribution is 2.42. The second-order valence-electron chi connectivity index (χ2n) is 8.41. The van der Waals surface area contributed by atoms with E-state index in [1.165, 1.54) is 44.1 Å². The van der Waals surface area contributed by atoms with Gasteiger partial charge in [0.05, 0.1) is 5.52 Å². The number of aryl methyl sites for hydroxylation is 2. The molecule has 2 heteroatoms. The summed E-state index contributed by atoms with van der Waals surface area (Å²) in [5.41, 5.74) is 11.9. The van der Waals surface area contributed by atoms with Crippen molar-refractivity contribution in [1.82, 2.24) is 9.47 Å². The average Bonchev–Trinajstić information content (AvgIpc) is 3.04. The second kappa shape index (κ2) is 6.49. The van der Waals surface area contributed by atoms with Crippen LogP contribution in [0.3, 0.4) is 0 Å². The van der Waals surface area contributed by atoms with Crippen molar-refractivity contribution in [2.45, 2.75) is 39.8 Å². The first kappa shape index (κ1) is 17.5. The fraction of sp³-hybridized carbons (Fsp3) is 0.308. The first-order chi connectivity index (χ1) is 13.6. The molecule has 3 aromatic carbocycles. The number of aromatic nitrogens is 1. The van der Waals surface area contributed by atoms with Crippen LogP contribution in [-0.4, -0.2) is 23.6 Å². The summed E-state index contributed by atoms with van der Waals surface area (Å²) >= 11 is 0. The molecule has 0 saturated heterocycles. The Labute approximate surface area is 167 Å². The Bertz CT molecular complexity index is 1210. The van der Waals surface area contributed by atoms with E-state index in [0.717, 1.165) is 25.9 Å². The Balaban J connectivity index is 1.94. The molecular weight excluding hydrogens is 340 g/mol. The standard InChI is InChI=1S/C26H28N2/c1-5-28-24-13-9-8-12-20(24)25-17(2)23(16-27(3)4)21-14-18-10-6-7-11-19(18)15-22(21)26(25)28/h6-13H,5,14-16H2,1-4H3. The minimum absolute atomic E-state index is 0.998. The molecule has 2 nitrogen and oxygen atoms in total. The van der Waals surface area contributed by atoms with Crippen LogP contribution >= 0.6 is 0 Å². The van der Waals surface area contributed by atoms with E-state index in [9.17, 15) is 0 Å². The summed E-state index contributed by atoms with van der Waals surface area (Å²) in [6.07, 6.45) is 2.09. The van der Waals surface area contributed by atoms with Crippen LogP contribution in [-0.2, 0) is 25.9 Å². The predicted octanol–water partition coefficient (Wildman–Crippen LogP) is 5.68. The van der Waals surface area contributed by atoms with E-state index in [2.05, 4.69) is 85.9 Å². The lowest BCUT2D eigenvalue weighted by atomic mass is 9.80. The third kappa shape index (κ3) is 2.44. The number of benzene rings is 3. The van der Waals surface area contributed by atoms with Crippen LogP contribution < -0.4 is 0 Å². The van der Waals surface area contributed by atoms with Crippen LogP contribution in [0.2, 0.25) is 0 Å². The molecule has 0 amide bonds. The number of nitrogens with zero attached hydrogens (tertiary/aromatic N) is 2. The van der Waals surface area contributed by atoms with E-state index in [1.807, 2.05) is 0 Å². The van der Waals surface area contributed by atoms with Crippen molar-refractivity contribution in [2.24, 2.45) is 0 Å². The molecule has 0 unspecified atom stereocenters. The van der Waals surface area contributed by atoms with Crippen molar-refractivity contribution < 1.29 is 0 Å². The van der Waals surface area contributed by atoms with Gasteiger partial charge in [0, 0.05) is 35.8 Å². The molecule has 0 radical (unpaired) electrons. The van der Waals surface area contributed by atoms with Gasteiger partial charge in [0.25, 0.3) is 0 Å². The van der Waals surface area contributed by atoms with Gasteiger partial charge in [-0.1, -0.05) is 42.5 Å².